The number of hydrogen-bond acceptors (Lipinski definition) is 6. The number of carbonyl (C=O) groups excluding carboxylic acids is 2. The van der Waals surface area contributed by atoms with Crippen molar-refractivity contribution in [2.75, 3.05) is 0 Å². The predicted octanol–water partition coefficient (Wildman–Crippen LogP) is -5.41. The molecule has 0 aromatic heterocycles. The summed E-state index contributed by atoms with van der Waals surface area (Å²) in [5, 5.41) is 28.0. The Morgan fingerprint density at radius 1 is 0.846 bits per heavy atom. The van der Waals surface area contributed by atoms with Gasteiger partial charge in [-0.15, -0.1) is 0 Å². The molecule has 0 saturated heterocycles. The third kappa shape index (κ3) is 32.1. The quantitative estimate of drug-likeness (QED) is 0.222. The van der Waals surface area contributed by atoms with Gasteiger partial charge in [-0.2, -0.15) is 0 Å². The van der Waals surface area contributed by atoms with Gasteiger partial charge in [0.2, 0.25) is 0 Å². The molecule has 0 aliphatic carbocycles. The summed E-state index contributed by atoms with van der Waals surface area (Å²) in [7, 11) is 0. The smallest absolute Gasteiger partial charge is 0.550 e. The summed E-state index contributed by atoms with van der Waals surface area (Å²) in [6, 6.07) is -1.21. The summed E-state index contributed by atoms with van der Waals surface area (Å²) in [6.45, 7) is 2.23. The van der Waals surface area contributed by atoms with Crippen LogP contribution in [-0.4, -0.2) is 29.1 Å². The van der Waals surface area contributed by atoms with Gasteiger partial charge < -0.3 is 30.6 Å². The first-order valence-corrected chi connectivity index (χ1v) is 8.69. The van der Waals surface area contributed by atoms with Gasteiger partial charge >= 0.3 is 65.1 Å². The molecule has 0 saturated carbocycles. The fourth-order valence-corrected chi connectivity index (χ4v) is 1.98. The Morgan fingerprint density at radius 2 is 1.27 bits per heavy atom. The molecule has 0 spiro atoms. The largest absolute Gasteiger partial charge is 1.00 e. The Bertz CT molecular complexity index is 356. The van der Waals surface area contributed by atoms with Gasteiger partial charge in [0.25, 0.3) is 0 Å². The fraction of sp³-hybridized carbons (Fsp3) is 0.824. The van der Waals surface area contributed by atoms with Crippen LogP contribution < -0.4 is 75.1 Å². The normalized spacial score (nSPS) is 10.4. The Balaban J connectivity index is -0.000000181. The SMILES string of the molecule is CCCCCCCCCCCC(=O)O.NC(CCC(=O)[O-])C(=O)[O-].[Na+].[Na+]. The van der Waals surface area contributed by atoms with E-state index >= 15 is 0 Å². The molecular weight excluding hydrogens is 360 g/mol. The van der Waals surface area contributed by atoms with E-state index in [9.17, 15) is 24.6 Å². The van der Waals surface area contributed by atoms with Crippen molar-refractivity contribution in [3.63, 3.8) is 0 Å². The van der Waals surface area contributed by atoms with Crippen molar-refractivity contribution in [1.29, 1.82) is 0 Å². The molecule has 0 fully saturated rings. The second-order valence-corrected chi connectivity index (χ2v) is 5.81. The molecule has 9 heteroatoms. The summed E-state index contributed by atoms with van der Waals surface area (Å²) >= 11 is 0. The van der Waals surface area contributed by atoms with Gasteiger partial charge in [0.1, 0.15) is 0 Å². The van der Waals surface area contributed by atoms with Crippen molar-refractivity contribution < 1.29 is 88.8 Å². The van der Waals surface area contributed by atoms with Crippen molar-refractivity contribution in [3.8, 4) is 0 Å². The third-order valence-corrected chi connectivity index (χ3v) is 3.46. The maximum Gasteiger partial charge on any atom is 1.00 e. The van der Waals surface area contributed by atoms with Crippen LogP contribution in [0.3, 0.4) is 0 Å². The van der Waals surface area contributed by atoms with Crippen molar-refractivity contribution in [3.05, 3.63) is 0 Å². The molecule has 0 heterocycles. The monoisotopic (exact) mass is 391 g/mol. The summed E-state index contributed by atoms with van der Waals surface area (Å²) < 4.78 is 0. The topological polar surface area (TPSA) is 144 Å². The van der Waals surface area contributed by atoms with Gasteiger partial charge in [-0.3, -0.25) is 4.79 Å². The zero-order valence-electron chi connectivity index (χ0n) is 16.6. The number of carboxylic acid groups (broad SMARTS) is 3. The first kappa shape index (κ1) is 33.9. The zero-order chi connectivity index (χ0) is 18.8. The van der Waals surface area contributed by atoms with Gasteiger partial charge in [0.15, 0.2) is 0 Å². The van der Waals surface area contributed by atoms with Crippen LogP contribution in [0.25, 0.3) is 0 Å². The van der Waals surface area contributed by atoms with Crippen LogP contribution >= 0.6 is 0 Å². The molecule has 0 aromatic carbocycles. The van der Waals surface area contributed by atoms with Crippen LogP contribution in [-0.2, 0) is 14.4 Å². The van der Waals surface area contributed by atoms with Crippen molar-refractivity contribution in [2.45, 2.75) is 90.0 Å². The van der Waals surface area contributed by atoms with E-state index < -0.39 is 23.9 Å². The number of nitrogens with two attached hydrogens (primary N) is 1. The molecule has 26 heavy (non-hydrogen) atoms. The number of carboxylic acids is 3. The molecule has 7 nitrogen and oxygen atoms in total. The standard InChI is InChI=1S/C12H24O2.C5H9NO4.2Na/c1-2-3-4-5-6-7-8-9-10-11-12(13)14;6-3(5(9)10)1-2-4(7)8;;/h2-11H2,1H3,(H,13,14);3H,1-2,6H2,(H,7,8)(H,9,10);;/q;;2*+1/p-2. The molecule has 0 bridgehead atoms. The van der Waals surface area contributed by atoms with E-state index in [0.717, 1.165) is 12.8 Å². The average molecular weight is 391 g/mol. The van der Waals surface area contributed by atoms with E-state index in [2.05, 4.69) is 6.92 Å². The molecule has 0 radical (unpaired) electrons. The number of unbranched alkanes of at least 4 members (excludes halogenated alkanes) is 8. The number of aliphatic carboxylic acids is 3. The second kappa shape index (κ2) is 25.4. The zero-order valence-corrected chi connectivity index (χ0v) is 20.6. The summed E-state index contributed by atoms with van der Waals surface area (Å²) in [6.07, 6.45) is 11.0. The Labute approximate surface area is 201 Å². The number of hydrogen-bond donors (Lipinski definition) is 2. The van der Waals surface area contributed by atoms with Gasteiger partial charge in [-0.05, 0) is 19.3 Å². The molecule has 0 amide bonds. The van der Waals surface area contributed by atoms with E-state index in [1.807, 2.05) is 0 Å². The number of rotatable bonds is 14. The van der Waals surface area contributed by atoms with Crippen LogP contribution in [0.1, 0.15) is 84.0 Å². The molecule has 0 aliphatic rings. The molecule has 0 rings (SSSR count). The van der Waals surface area contributed by atoms with Gasteiger partial charge in [-0.25, -0.2) is 0 Å². The number of carbonyl (C=O) groups is 3. The molecule has 1 atom stereocenters. The van der Waals surface area contributed by atoms with E-state index in [-0.39, 0.29) is 72.0 Å². The van der Waals surface area contributed by atoms with Crippen LogP contribution in [0.4, 0.5) is 0 Å². The van der Waals surface area contributed by atoms with Gasteiger partial charge in [0, 0.05) is 18.4 Å². The Morgan fingerprint density at radius 3 is 1.62 bits per heavy atom. The first-order chi connectivity index (χ1) is 11.3. The van der Waals surface area contributed by atoms with Crippen molar-refractivity contribution >= 4 is 17.9 Å². The van der Waals surface area contributed by atoms with E-state index in [0.29, 0.717) is 6.42 Å². The molecule has 1 unspecified atom stereocenters. The molecule has 3 N–H and O–H groups in total. The van der Waals surface area contributed by atoms with Crippen LogP contribution in [0.5, 0.6) is 0 Å². The fourth-order valence-electron chi connectivity index (χ4n) is 1.98. The maximum atomic E-state index is 10.2. The summed E-state index contributed by atoms with van der Waals surface area (Å²) in [4.78, 5) is 29.8. The van der Waals surface area contributed by atoms with E-state index in [1.54, 1.807) is 0 Å². The van der Waals surface area contributed by atoms with Crippen molar-refractivity contribution in [2.24, 2.45) is 5.73 Å². The van der Waals surface area contributed by atoms with E-state index in [4.69, 9.17) is 10.8 Å². The van der Waals surface area contributed by atoms with Gasteiger partial charge in [-0.1, -0.05) is 58.3 Å². The summed E-state index contributed by atoms with van der Waals surface area (Å²) in [5.74, 6) is -3.41. The molecule has 142 valence electrons. The van der Waals surface area contributed by atoms with Gasteiger partial charge in [0.05, 0.1) is 5.97 Å². The van der Waals surface area contributed by atoms with Crippen LogP contribution in [0.2, 0.25) is 0 Å². The van der Waals surface area contributed by atoms with Crippen LogP contribution in [0.15, 0.2) is 0 Å². The Hall–Kier alpha value is 0.370. The van der Waals surface area contributed by atoms with Crippen molar-refractivity contribution in [1.82, 2.24) is 0 Å². The minimum Gasteiger partial charge on any atom is -0.550 e. The molecule has 0 aliphatic heterocycles. The average Bonchev–Trinajstić information content (AvgIpc) is 2.51. The van der Waals surface area contributed by atoms with E-state index in [1.165, 1.54) is 44.9 Å². The molecular formula is C17H31NNa2O6. The predicted molar refractivity (Wildman–Crippen MR) is 86.7 cm³/mol. The Kier molecular flexibility index (Phi) is 33.1. The minimum atomic E-state index is -1.44. The minimum absolute atomic E-state index is 0. The second-order valence-electron chi connectivity index (χ2n) is 5.81. The first-order valence-electron chi connectivity index (χ1n) is 8.69. The van der Waals surface area contributed by atoms with Crippen LogP contribution in [0, 0.1) is 0 Å². The third-order valence-electron chi connectivity index (χ3n) is 3.46. The summed E-state index contributed by atoms with van der Waals surface area (Å²) in [5.41, 5.74) is 4.91. The molecule has 0 aromatic rings. The maximum absolute atomic E-state index is 10.2.